The number of rotatable bonds is 11. The van der Waals surface area contributed by atoms with E-state index in [9.17, 15) is 14.4 Å². The summed E-state index contributed by atoms with van der Waals surface area (Å²) in [5, 5.41) is 11.9. The lowest BCUT2D eigenvalue weighted by atomic mass is 10.1. The van der Waals surface area contributed by atoms with Crippen LogP contribution in [0.5, 0.6) is 0 Å². The lowest BCUT2D eigenvalue weighted by molar-refractivity contribution is -0.129. The molecule has 1 saturated heterocycles. The predicted molar refractivity (Wildman–Crippen MR) is 175 cm³/mol. The average molecular weight is 642 g/mol. The number of anilines is 1. The molecule has 0 aliphatic carbocycles. The van der Waals surface area contributed by atoms with Crippen molar-refractivity contribution >= 4 is 52.5 Å². The second-order valence-electron chi connectivity index (χ2n) is 11.6. The van der Waals surface area contributed by atoms with E-state index in [1.807, 2.05) is 37.2 Å². The Morgan fingerprint density at radius 1 is 1.07 bits per heavy atom. The standard InChI is InChI=1S/C32H40FN7O4.ClH/c1-37(2)12-4-11-34-31(42)23-8-6-22(7-9-23)19-24-10-14-40-30(24)35-27-21-28(26(33)20-25(27)32(40)43)39-17-15-38(16-18-39)13-3-5-29(41)36-44;/h6-9,19-21,44H,3-5,10-18H2,1-2H3,(H,34,42)(H,36,41);1H/b24-19+;. The number of benzene rings is 2. The summed E-state index contributed by atoms with van der Waals surface area (Å²) in [7, 11) is 4.00. The van der Waals surface area contributed by atoms with Crippen molar-refractivity contribution in [3.8, 4) is 0 Å². The van der Waals surface area contributed by atoms with Gasteiger partial charge in [0.2, 0.25) is 5.91 Å². The largest absolute Gasteiger partial charge is 0.367 e. The van der Waals surface area contributed by atoms with Gasteiger partial charge in [0.15, 0.2) is 0 Å². The summed E-state index contributed by atoms with van der Waals surface area (Å²) in [5.74, 6) is -0.371. The van der Waals surface area contributed by atoms with Crippen molar-refractivity contribution in [3.05, 3.63) is 69.5 Å². The van der Waals surface area contributed by atoms with E-state index in [4.69, 9.17) is 10.2 Å². The monoisotopic (exact) mass is 641 g/mol. The first-order valence-electron chi connectivity index (χ1n) is 15.1. The summed E-state index contributed by atoms with van der Waals surface area (Å²) in [5.41, 5.74) is 4.69. The van der Waals surface area contributed by atoms with Gasteiger partial charge in [-0.15, -0.1) is 12.4 Å². The second kappa shape index (κ2) is 15.4. The van der Waals surface area contributed by atoms with Crippen molar-refractivity contribution in [3.63, 3.8) is 0 Å². The Labute approximate surface area is 268 Å². The molecule has 0 atom stereocenters. The number of hydrogen-bond donors (Lipinski definition) is 3. The van der Waals surface area contributed by atoms with Gasteiger partial charge in [0, 0.05) is 51.3 Å². The maximum atomic E-state index is 15.3. The van der Waals surface area contributed by atoms with Crippen LogP contribution in [0.2, 0.25) is 0 Å². The molecule has 13 heteroatoms. The fourth-order valence-corrected chi connectivity index (χ4v) is 5.77. The highest BCUT2D eigenvalue weighted by Gasteiger charge is 2.24. The van der Waals surface area contributed by atoms with E-state index >= 15 is 4.39 Å². The first-order chi connectivity index (χ1) is 21.2. The number of hydroxylamine groups is 1. The van der Waals surface area contributed by atoms with E-state index in [1.165, 1.54) is 6.07 Å². The third kappa shape index (κ3) is 8.26. The minimum atomic E-state index is -0.444. The van der Waals surface area contributed by atoms with E-state index in [0.29, 0.717) is 81.2 Å². The van der Waals surface area contributed by atoms with Crippen molar-refractivity contribution in [2.75, 3.05) is 64.8 Å². The Hall–Kier alpha value is -3.84. The first kappa shape index (κ1) is 34.0. The van der Waals surface area contributed by atoms with E-state index < -0.39 is 11.7 Å². The lowest BCUT2D eigenvalue weighted by Gasteiger charge is -2.36. The zero-order valence-electron chi connectivity index (χ0n) is 25.7. The van der Waals surface area contributed by atoms with Crippen molar-refractivity contribution in [2.45, 2.75) is 32.2 Å². The molecule has 11 nitrogen and oxygen atoms in total. The SMILES string of the molecule is CN(C)CCCNC(=O)c1ccc(/C=C2\CCn3c2nc2cc(N4CCN(CCCC(=O)NO)CC4)c(F)cc2c3=O)cc1.Cl. The summed E-state index contributed by atoms with van der Waals surface area (Å²) in [6.45, 7) is 5.34. The number of fused-ring (bicyclic) bond motifs is 2. The molecule has 0 unspecified atom stereocenters. The summed E-state index contributed by atoms with van der Waals surface area (Å²) in [6, 6.07) is 10.3. The molecule has 1 aromatic heterocycles. The number of amides is 2. The number of carbonyl (C=O) groups excluding carboxylic acids is 2. The number of piperazine rings is 1. The smallest absolute Gasteiger partial charge is 0.261 e. The number of halogens is 2. The minimum absolute atomic E-state index is 0. The van der Waals surface area contributed by atoms with Crippen LogP contribution in [0.25, 0.3) is 22.6 Å². The van der Waals surface area contributed by atoms with Crippen LogP contribution in [0.3, 0.4) is 0 Å². The summed E-state index contributed by atoms with van der Waals surface area (Å²) < 4.78 is 16.9. The maximum Gasteiger partial charge on any atom is 0.261 e. The van der Waals surface area contributed by atoms with Gasteiger partial charge in [0.1, 0.15) is 11.6 Å². The minimum Gasteiger partial charge on any atom is -0.367 e. The van der Waals surface area contributed by atoms with Gasteiger partial charge in [-0.1, -0.05) is 12.1 Å². The Kier molecular flexibility index (Phi) is 11.7. The predicted octanol–water partition coefficient (Wildman–Crippen LogP) is 2.99. The molecular weight excluding hydrogens is 601 g/mol. The molecule has 0 spiro atoms. The van der Waals surface area contributed by atoms with Crippen LogP contribution in [-0.4, -0.2) is 96.3 Å². The zero-order chi connectivity index (χ0) is 31.2. The van der Waals surface area contributed by atoms with Crippen LogP contribution in [-0.2, 0) is 11.3 Å². The normalized spacial score (nSPS) is 15.8. The average Bonchev–Trinajstić information content (AvgIpc) is 3.42. The van der Waals surface area contributed by atoms with Gasteiger partial charge in [-0.2, -0.15) is 0 Å². The van der Waals surface area contributed by atoms with Gasteiger partial charge in [0.05, 0.1) is 16.6 Å². The molecule has 5 rings (SSSR count). The lowest BCUT2D eigenvalue weighted by Crippen LogP contribution is -2.47. The maximum absolute atomic E-state index is 15.3. The second-order valence-corrected chi connectivity index (χ2v) is 11.6. The highest BCUT2D eigenvalue weighted by Crippen LogP contribution is 2.30. The molecule has 2 aromatic carbocycles. The molecule has 0 radical (unpaired) electrons. The van der Waals surface area contributed by atoms with Crippen LogP contribution < -0.4 is 21.3 Å². The first-order valence-corrected chi connectivity index (χ1v) is 15.1. The van der Waals surface area contributed by atoms with Crippen LogP contribution in [0.4, 0.5) is 10.1 Å². The molecule has 242 valence electrons. The fourth-order valence-electron chi connectivity index (χ4n) is 5.77. The Morgan fingerprint density at radius 3 is 2.49 bits per heavy atom. The van der Waals surface area contributed by atoms with Crippen LogP contribution in [0.15, 0.2) is 41.2 Å². The number of carbonyl (C=O) groups is 2. The van der Waals surface area contributed by atoms with Gasteiger partial charge in [-0.05, 0) is 87.9 Å². The summed E-state index contributed by atoms with van der Waals surface area (Å²) >= 11 is 0. The van der Waals surface area contributed by atoms with E-state index in [-0.39, 0.29) is 35.7 Å². The van der Waals surface area contributed by atoms with Crippen molar-refractivity contribution in [2.24, 2.45) is 0 Å². The summed E-state index contributed by atoms with van der Waals surface area (Å²) in [4.78, 5) is 48.2. The van der Waals surface area contributed by atoms with Gasteiger partial charge in [-0.25, -0.2) is 14.9 Å². The Bertz CT molecular complexity index is 1600. The third-order valence-electron chi connectivity index (χ3n) is 8.21. The quantitative estimate of drug-likeness (QED) is 0.166. The number of nitrogens with zero attached hydrogens (tertiary/aromatic N) is 5. The molecule has 2 aliphatic heterocycles. The number of aromatic nitrogens is 2. The van der Waals surface area contributed by atoms with E-state index in [2.05, 4.69) is 15.1 Å². The van der Waals surface area contributed by atoms with Crippen molar-refractivity contribution in [1.29, 1.82) is 0 Å². The van der Waals surface area contributed by atoms with E-state index in [1.54, 1.807) is 28.2 Å². The highest BCUT2D eigenvalue weighted by atomic mass is 35.5. The third-order valence-corrected chi connectivity index (χ3v) is 8.21. The molecule has 3 heterocycles. The van der Waals surface area contributed by atoms with E-state index in [0.717, 1.165) is 24.1 Å². The molecule has 1 fully saturated rings. The molecule has 2 amide bonds. The van der Waals surface area contributed by atoms with Gasteiger partial charge in [-0.3, -0.25) is 29.1 Å². The summed E-state index contributed by atoms with van der Waals surface area (Å²) in [6.07, 6.45) is 4.37. The Morgan fingerprint density at radius 2 is 1.80 bits per heavy atom. The van der Waals surface area contributed by atoms with Crippen molar-refractivity contribution in [1.82, 2.24) is 30.1 Å². The van der Waals surface area contributed by atoms with Gasteiger partial charge >= 0.3 is 0 Å². The molecule has 2 aliphatic rings. The van der Waals surface area contributed by atoms with Crippen LogP contribution in [0.1, 0.15) is 47.4 Å². The topological polar surface area (TPSA) is 123 Å². The number of nitrogens with one attached hydrogen (secondary N) is 2. The Balaban J connectivity index is 0.00000461. The number of hydrogen-bond acceptors (Lipinski definition) is 8. The highest BCUT2D eigenvalue weighted by molar-refractivity contribution is 5.94. The van der Waals surface area contributed by atoms with Gasteiger partial charge in [0.25, 0.3) is 11.5 Å². The molecular formula is C32H41ClFN7O4. The zero-order valence-corrected chi connectivity index (χ0v) is 26.5. The van der Waals surface area contributed by atoms with Gasteiger partial charge < -0.3 is 15.1 Å². The molecule has 3 aromatic rings. The van der Waals surface area contributed by atoms with Crippen LogP contribution in [0, 0.1) is 5.82 Å². The van der Waals surface area contributed by atoms with Crippen LogP contribution >= 0.6 is 12.4 Å². The molecule has 45 heavy (non-hydrogen) atoms. The number of allylic oxidation sites excluding steroid dienone is 1. The molecule has 0 saturated carbocycles. The molecule has 0 bridgehead atoms. The van der Waals surface area contributed by atoms with Crippen molar-refractivity contribution < 1.29 is 19.2 Å². The molecule has 3 N–H and O–H groups in total. The fraction of sp³-hybridized carbons (Fsp3) is 0.438.